The zero-order chi connectivity index (χ0) is 10.6. The average molecular weight is 195 g/mol. The molecule has 14 heavy (non-hydrogen) atoms. The lowest BCUT2D eigenvalue weighted by Crippen LogP contribution is -2.09. The standard InChI is InChI=1S/C11H14FNO/c1-8(6-13)7-14-10-3-4-11(12)9(2)5-10/h3-5H,1,6-7,13H2,2H3. The van der Waals surface area contributed by atoms with Gasteiger partial charge in [-0.3, -0.25) is 0 Å². The average Bonchev–Trinajstić information content (AvgIpc) is 2.19. The van der Waals surface area contributed by atoms with Gasteiger partial charge < -0.3 is 10.5 Å². The number of benzene rings is 1. The van der Waals surface area contributed by atoms with Crippen molar-refractivity contribution in [1.29, 1.82) is 0 Å². The lowest BCUT2D eigenvalue weighted by atomic mass is 10.2. The van der Waals surface area contributed by atoms with Crippen LogP contribution in [0.5, 0.6) is 5.75 Å². The number of ether oxygens (including phenoxy) is 1. The highest BCUT2D eigenvalue weighted by molar-refractivity contribution is 5.29. The highest BCUT2D eigenvalue weighted by Gasteiger charge is 2.00. The zero-order valence-electron chi connectivity index (χ0n) is 8.22. The molecule has 0 aliphatic heterocycles. The van der Waals surface area contributed by atoms with E-state index in [4.69, 9.17) is 10.5 Å². The van der Waals surface area contributed by atoms with Gasteiger partial charge in [-0.1, -0.05) is 6.58 Å². The van der Waals surface area contributed by atoms with E-state index in [1.165, 1.54) is 6.07 Å². The zero-order valence-corrected chi connectivity index (χ0v) is 8.22. The smallest absolute Gasteiger partial charge is 0.126 e. The highest BCUT2D eigenvalue weighted by Crippen LogP contribution is 2.16. The largest absolute Gasteiger partial charge is 0.489 e. The molecule has 0 spiro atoms. The molecule has 1 aromatic rings. The molecule has 0 saturated heterocycles. The van der Waals surface area contributed by atoms with Crippen LogP contribution >= 0.6 is 0 Å². The fourth-order valence-electron chi connectivity index (χ4n) is 0.951. The lowest BCUT2D eigenvalue weighted by Gasteiger charge is -2.07. The van der Waals surface area contributed by atoms with Crippen LogP contribution in [-0.4, -0.2) is 13.2 Å². The second-order valence-electron chi connectivity index (χ2n) is 3.15. The summed E-state index contributed by atoms with van der Waals surface area (Å²) in [6.45, 7) is 6.18. The van der Waals surface area contributed by atoms with E-state index in [1.807, 2.05) is 0 Å². The number of nitrogens with two attached hydrogens (primary N) is 1. The Hall–Kier alpha value is -1.35. The van der Waals surface area contributed by atoms with Gasteiger partial charge in [0.2, 0.25) is 0 Å². The van der Waals surface area contributed by atoms with Gasteiger partial charge in [0.1, 0.15) is 18.2 Å². The van der Waals surface area contributed by atoms with Crippen molar-refractivity contribution in [2.45, 2.75) is 6.92 Å². The Kier molecular flexibility index (Phi) is 3.65. The van der Waals surface area contributed by atoms with E-state index >= 15 is 0 Å². The Labute approximate surface area is 83.2 Å². The summed E-state index contributed by atoms with van der Waals surface area (Å²) >= 11 is 0. The third-order valence-electron chi connectivity index (χ3n) is 1.86. The van der Waals surface area contributed by atoms with E-state index in [2.05, 4.69) is 6.58 Å². The predicted octanol–water partition coefficient (Wildman–Crippen LogP) is 2.03. The molecule has 0 aliphatic rings. The first-order valence-corrected chi connectivity index (χ1v) is 4.39. The topological polar surface area (TPSA) is 35.2 Å². The molecule has 0 aromatic heterocycles. The summed E-state index contributed by atoms with van der Waals surface area (Å²) in [5.74, 6) is 0.411. The van der Waals surface area contributed by atoms with E-state index in [9.17, 15) is 4.39 Å². The van der Waals surface area contributed by atoms with E-state index in [1.54, 1.807) is 19.1 Å². The molecule has 2 nitrogen and oxygen atoms in total. The Morgan fingerprint density at radius 2 is 2.29 bits per heavy atom. The van der Waals surface area contributed by atoms with Gasteiger partial charge in [-0.2, -0.15) is 0 Å². The molecule has 0 radical (unpaired) electrons. The van der Waals surface area contributed by atoms with Gasteiger partial charge in [0.25, 0.3) is 0 Å². The molecule has 0 saturated carbocycles. The third-order valence-corrected chi connectivity index (χ3v) is 1.86. The second kappa shape index (κ2) is 4.77. The Morgan fingerprint density at radius 3 is 2.86 bits per heavy atom. The SMILES string of the molecule is C=C(CN)COc1ccc(F)c(C)c1. The maximum absolute atomic E-state index is 12.9. The van der Waals surface area contributed by atoms with Gasteiger partial charge in [-0.25, -0.2) is 4.39 Å². The van der Waals surface area contributed by atoms with Crippen LogP contribution in [0.3, 0.4) is 0 Å². The van der Waals surface area contributed by atoms with Crippen molar-refractivity contribution >= 4 is 0 Å². The van der Waals surface area contributed by atoms with Crippen molar-refractivity contribution in [2.24, 2.45) is 5.73 Å². The number of hydrogen-bond donors (Lipinski definition) is 1. The minimum Gasteiger partial charge on any atom is -0.489 e. The maximum atomic E-state index is 12.9. The van der Waals surface area contributed by atoms with Crippen LogP contribution in [0, 0.1) is 12.7 Å². The summed E-state index contributed by atoms with van der Waals surface area (Å²) in [6, 6.07) is 4.63. The molecule has 0 atom stereocenters. The summed E-state index contributed by atoms with van der Waals surface area (Å²) in [5, 5.41) is 0. The molecular formula is C11H14FNO. The second-order valence-corrected chi connectivity index (χ2v) is 3.15. The van der Waals surface area contributed by atoms with Crippen molar-refractivity contribution in [1.82, 2.24) is 0 Å². The van der Waals surface area contributed by atoms with Crippen molar-refractivity contribution in [3.63, 3.8) is 0 Å². The molecule has 0 unspecified atom stereocenters. The normalized spacial score (nSPS) is 9.93. The summed E-state index contributed by atoms with van der Waals surface area (Å²) in [4.78, 5) is 0. The van der Waals surface area contributed by atoms with Crippen molar-refractivity contribution in [2.75, 3.05) is 13.2 Å². The van der Waals surface area contributed by atoms with E-state index in [0.29, 0.717) is 24.5 Å². The quantitative estimate of drug-likeness (QED) is 0.746. The molecule has 0 bridgehead atoms. The fourth-order valence-corrected chi connectivity index (χ4v) is 0.951. The van der Waals surface area contributed by atoms with E-state index in [0.717, 1.165) is 5.57 Å². The fraction of sp³-hybridized carbons (Fsp3) is 0.273. The molecule has 1 rings (SSSR count). The molecule has 76 valence electrons. The predicted molar refractivity (Wildman–Crippen MR) is 54.8 cm³/mol. The highest BCUT2D eigenvalue weighted by atomic mass is 19.1. The van der Waals surface area contributed by atoms with Gasteiger partial charge in [0.15, 0.2) is 0 Å². The molecule has 1 aromatic carbocycles. The first kappa shape index (κ1) is 10.7. The summed E-state index contributed by atoms with van der Waals surface area (Å²) in [6.07, 6.45) is 0. The van der Waals surface area contributed by atoms with Gasteiger partial charge in [0, 0.05) is 6.54 Å². The molecule has 0 aliphatic carbocycles. The first-order valence-electron chi connectivity index (χ1n) is 4.39. The van der Waals surface area contributed by atoms with Crippen LogP contribution in [0.1, 0.15) is 5.56 Å². The number of hydrogen-bond acceptors (Lipinski definition) is 2. The Bertz CT molecular complexity index is 336. The number of rotatable bonds is 4. The molecule has 0 amide bonds. The van der Waals surface area contributed by atoms with Crippen LogP contribution in [0.2, 0.25) is 0 Å². The van der Waals surface area contributed by atoms with Crippen LogP contribution < -0.4 is 10.5 Å². The van der Waals surface area contributed by atoms with Crippen LogP contribution in [0.25, 0.3) is 0 Å². The van der Waals surface area contributed by atoms with Gasteiger partial charge in [-0.05, 0) is 36.3 Å². The van der Waals surface area contributed by atoms with Crippen molar-refractivity contribution < 1.29 is 9.13 Å². The van der Waals surface area contributed by atoms with Gasteiger partial charge in [-0.15, -0.1) is 0 Å². The van der Waals surface area contributed by atoms with E-state index < -0.39 is 0 Å². The number of aryl methyl sites for hydroxylation is 1. The molecule has 0 fully saturated rings. The maximum Gasteiger partial charge on any atom is 0.126 e. The monoisotopic (exact) mass is 195 g/mol. The Balaban J connectivity index is 2.60. The van der Waals surface area contributed by atoms with E-state index in [-0.39, 0.29) is 5.82 Å². The summed E-state index contributed by atoms with van der Waals surface area (Å²) in [5.41, 5.74) is 6.73. The minimum atomic E-state index is -0.227. The van der Waals surface area contributed by atoms with Gasteiger partial charge in [0.05, 0.1) is 0 Å². The summed E-state index contributed by atoms with van der Waals surface area (Å²) < 4.78 is 18.2. The molecular weight excluding hydrogens is 181 g/mol. The Morgan fingerprint density at radius 1 is 1.57 bits per heavy atom. The molecule has 2 N–H and O–H groups in total. The van der Waals surface area contributed by atoms with Crippen molar-refractivity contribution in [3.8, 4) is 5.75 Å². The van der Waals surface area contributed by atoms with Crippen LogP contribution in [-0.2, 0) is 0 Å². The third kappa shape index (κ3) is 2.85. The van der Waals surface area contributed by atoms with Gasteiger partial charge >= 0.3 is 0 Å². The summed E-state index contributed by atoms with van der Waals surface area (Å²) in [7, 11) is 0. The lowest BCUT2D eigenvalue weighted by molar-refractivity contribution is 0.350. The minimum absolute atomic E-state index is 0.227. The number of halogens is 1. The van der Waals surface area contributed by atoms with Crippen LogP contribution in [0.4, 0.5) is 4.39 Å². The molecule has 3 heteroatoms. The first-order chi connectivity index (χ1) is 6.63. The molecule has 0 heterocycles. The van der Waals surface area contributed by atoms with Crippen LogP contribution in [0.15, 0.2) is 30.4 Å². The van der Waals surface area contributed by atoms with Crippen molar-refractivity contribution in [3.05, 3.63) is 41.7 Å².